The van der Waals surface area contributed by atoms with E-state index < -0.39 is 5.97 Å². The van der Waals surface area contributed by atoms with Gasteiger partial charge in [0.15, 0.2) is 17.3 Å². The average Bonchev–Trinajstić information content (AvgIpc) is 3.38. The van der Waals surface area contributed by atoms with Gasteiger partial charge in [0.25, 0.3) is 5.91 Å². The molecule has 0 fully saturated rings. The highest BCUT2D eigenvalue weighted by Gasteiger charge is 2.15. The molecule has 7 nitrogen and oxygen atoms in total. The summed E-state index contributed by atoms with van der Waals surface area (Å²) in [6, 6.07) is 15.0. The third kappa shape index (κ3) is 3.77. The molecule has 136 valence electrons. The average molecular weight is 365 g/mol. The van der Waals surface area contributed by atoms with Crippen LogP contribution in [0.3, 0.4) is 0 Å². The van der Waals surface area contributed by atoms with E-state index in [0.717, 1.165) is 5.56 Å². The largest absolute Gasteiger partial charge is 0.459 e. The molecule has 2 aromatic carbocycles. The normalized spacial score (nSPS) is 11.9. The number of amides is 1. The van der Waals surface area contributed by atoms with E-state index in [4.69, 9.17) is 18.6 Å². The summed E-state index contributed by atoms with van der Waals surface area (Å²) < 4.78 is 20.9. The maximum Gasteiger partial charge on any atom is 0.338 e. The van der Waals surface area contributed by atoms with Crippen LogP contribution in [0.25, 0.3) is 0 Å². The Labute approximate surface area is 154 Å². The van der Waals surface area contributed by atoms with Gasteiger partial charge in [-0.1, -0.05) is 6.07 Å². The first-order chi connectivity index (χ1) is 13.2. The molecule has 0 aliphatic carbocycles. The van der Waals surface area contributed by atoms with Crippen LogP contribution in [0.4, 0.5) is 5.69 Å². The van der Waals surface area contributed by atoms with E-state index in [1.165, 1.54) is 6.26 Å². The number of benzene rings is 2. The summed E-state index contributed by atoms with van der Waals surface area (Å²) in [6.07, 6.45) is 1.42. The molecule has 0 atom stereocenters. The Hall–Kier alpha value is -3.74. The van der Waals surface area contributed by atoms with Crippen LogP contribution in [-0.4, -0.2) is 18.7 Å². The molecule has 2 heterocycles. The first-order valence-electron chi connectivity index (χ1n) is 8.19. The van der Waals surface area contributed by atoms with Crippen LogP contribution in [0, 0.1) is 0 Å². The van der Waals surface area contributed by atoms with E-state index in [-0.39, 0.29) is 25.1 Å². The van der Waals surface area contributed by atoms with Crippen LogP contribution in [0.15, 0.2) is 65.3 Å². The monoisotopic (exact) mass is 365 g/mol. The van der Waals surface area contributed by atoms with Crippen molar-refractivity contribution in [1.82, 2.24) is 0 Å². The zero-order valence-electron chi connectivity index (χ0n) is 14.1. The van der Waals surface area contributed by atoms with Crippen molar-refractivity contribution in [3.8, 4) is 11.5 Å². The number of hydrogen-bond donors (Lipinski definition) is 1. The van der Waals surface area contributed by atoms with Gasteiger partial charge in [-0.25, -0.2) is 4.79 Å². The maximum atomic E-state index is 12.2. The zero-order chi connectivity index (χ0) is 18.6. The van der Waals surface area contributed by atoms with E-state index >= 15 is 0 Å². The Morgan fingerprint density at radius 1 is 1.00 bits per heavy atom. The van der Waals surface area contributed by atoms with Crippen molar-refractivity contribution in [1.29, 1.82) is 0 Å². The molecule has 27 heavy (non-hydrogen) atoms. The summed E-state index contributed by atoms with van der Waals surface area (Å²) in [5.74, 6) is 0.703. The fraction of sp³-hybridized carbons (Fsp3) is 0.100. The minimum Gasteiger partial charge on any atom is -0.459 e. The van der Waals surface area contributed by atoms with Gasteiger partial charge in [-0.3, -0.25) is 4.79 Å². The molecule has 0 spiro atoms. The van der Waals surface area contributed by atoms with E-state index in [2.05, 4.69) is 5.32 Å². The van der Waals surface area contributed by atoms with Gasteiger partial charge in [0, 0.05) is 5.69 Å². The van der Waals surface area contributed by atoms with Crippen LogP contribution in [0.2, 0.25) is 0 Å². The first kappa shape index (κ1) is 16.7. The standard InChI is InChI=1S/C20H15NO6/c22-19(17-2-1-9-24-17)21-15-6-4-14(5-7-15)20(23)25-11-13-3-8-16-18(10-13)27-12-26-16/h1-10H,11-12H2,(H,21,22). The molecule has 0 bridgehead atoms. The van der Waals surface area contributed by atoms with Crippen molar-refractivity contribution in [2.45, 2.75) is 6.61 Å². The second-order valence-electron chi connectivity index (χ2n) is 5.77. The lowest BCUT2D eigenvalue weighted by Crippen LogP contribution is -2.11. The third-order valence-corrected chi connectivity index (χ3v) is 3.93. The summed E-state index contributed by atoms with van der Waals surface area (Å²) in [7, 11) is 0. The zero-order valence-corrected chi connectivity index (χ0v) is 14.1. The number of hydrogen-bond acceptors (Lipinski definition) is 6. The molecule has 7 heteroatoms. The third-order valence-electron chi connectivity index (χ3n) is 3.93. The van der Waals surface area contributed by atoms with E-state index in [1.807, 2.05) is 6.07 Å². The molecule has 1 aliphatic rings. The number of rotatable bonds is 5. The van der Waals surface area contributed by atoms with Crippen molar-refractivity contribution in [3.63, 3.8) is 0 Å². The van der Waals surface area contributed by atoms with Crippen molar-refractivity contribution in [2.24, 2.45) is 0 Å². The Morgan fingerprint density at radius 3 is 2.59 bits per heavy atom. The predicted octanol–water partition coefficient (Wildman–Crippen LogP) is 3.62. The number of fused-ring (bicyclic) bond motifs is 1. The Bertz CT molecular complexity index is 963. The van der Waals surface area contributed by atoms with Gasteiger partial charge in [0.2, 0.25) is 6.79 Å². The van der Waals surface area contributed by atoms with Crippen LogP contribution in [0.5, 0.6) is 11.5 Å². The second kappa shape index (κ2) is 7.25. The molecule has 1 N–H and O–H groups in total. The van der Waals surface area contributed by atoms with Gasteiger partial charge in [0.05, 0.1) is 11.8 Å². The Kier molecular flexibility index (Phi) is 4.49. The van der Waals surface area contributed by atoms with Crippen molar-refractivity contribution < 1.29 is 28.2 Å². The number of carbonyl (C=O) groups is 2. The van der Waals surface area contributed by atoms with Crippen LogP contribution in [-0.2, 0) is 11.3 Å². The van der Waals surface area contributed by atoms with Crippen LogP contribution >= 0.6 is 0 Å². The summed E-state index contributed by atoms with van der Waals surface area (Å²) >= 11 is 0. The molecule has 1 amide bonds. The molecule has 4 rings (SSSR count). The van der Waals surface area contributed by atoms with Gasteiger partial charge in [-0.05, 0) is 54.1 Å². The van der Waals surface area contributed by atoms with Crippen molar-refractivity contribution in [2.75, 3.05) is 12.1 Å². The molecule has 1 aromatic heterocycles. The first-order valence-corrected chi connectivity index (χ1v) is 8.19. The fourth-order valence-corrected chi connectivity index (χ4v) is 2.55. The second-order valence-corrected chi connectivity index (χ2v) is 5.77. The van der Waals surface area contributed by atoms with Crippen molar-refractivity contribution >= 4 is 17.6 Å². The molecule has 3 aromatic rings. The molecular formula is C20H15NO6. The summed E-state index contributed by atoms with van der Waals surface area (Å²) in [4.78, 5) is 24.1. The van der Waals surface area contributed by atoms with E-state index in [0.29, 0.717) is 22.7 Å². The minimum atomic E-state index is -0.462. The number of anilines is 1. The molecular weight excluding hydrogens is 350 g/mol. The SMILES string of the molecule is O=C(OCc1ccc2c(c1)OCO2)c1ccc(NC(=O)c2ccco2)cc1. The summed E-state index contributed by atoms with van der Waals surface area (Å²) in [5, 5.41) is 2.68. The topological polar surface area (TPSA) is 87.0 Å². The van der Waals surface area contributed by atoms with E-state index in [9.17, 15) is 9.59 Å². The summed E-state index contributed by atoms with van der Waals surface area (Å²) in [5.41, 5.74) is 1.73. The Morgan fingerprint density at radius 2 is 1.81 bits per heavy atom. The number of ether oxygens (including phenoxy) is 3. The molecule has 0 radical (unpaired) electrons. The highest BCUT2D eigenvalue weighted by Crippen LogP contribution is 2.32. The number of furan rings is 1. The maximum absolute atomic E-state index is 12.2. The minimum absolute atomic E-state index is 0.118. The van der Waals surface area contributed by atoms with Crippen LogP contribution < -0.4 is 14.8 Å². The molecule has 1 aliphatic heterocycles. The molecule has 0 saturated heterocycles. The molecule has 0 unspecified atom stereocenters. The highest BCUT2D eigenvalue weighted by atomic mass is 16.7. The van der Waals surface area contributed by atoms with Gasteiger partial charge in [0.1, 0.15) is 6.61 Å². The predicted molar refractivity (Wildman–Crippen MR) is 94.8 cm³/mol. The van der Waals surface area contributed by atoms with Crippen LogP contribution in [0.1, 0.15) is 26.5 Å². The molecule has 0 saturated carbocycles. The number of nitrogens with one attached hydrogen (secondary N) is 1. The lowest BCUT2D eigenvalue weighted by atomic mass is 10.2. The number of carbonyl (C=O) groups excluding carboxylic acids is 2. The lowest BCUT2D eigenvalue weighted by molar-refractivity contribution is 0.0472. The lowest BCUT2D eigenvalue weighted by Gasteiger charge is -2.07. The van der Waals surface area contributed by atoms with Crippen molar-refractivity contribution in [3.05, 3.63) is 77.7 Å². The Balaban J connectivity index is 1.34. The van der Waals surface area contributed by atoms with Gasteiger partial charge in [-0.2, -0.15) is 0 Å². The van der Waals surface area contributed by atoms with Gasteiger partial charge >= 0.3 is 5.97 Å². The highest BCUT2D eigenvalue weighted by molar-refractivity contribution is 6.02. The quantitative estimate of drug-likeness (QED) is 0.695. The summed E-state index contributed by atoms with van der Waals surface area (Å²) in [6.45, 7) is 0.313. The number of esters is 1. The van der Waals surface area contributed by atoms with Gasteiger partial charge < -0.3 is 23.9 Å². The fourth-order valence-electron chi connectivity index (χ4n) is 2.55. The smallest absolute Gasteiger partial charge is 0.338 e. The van der Waals surface area contributed by atoms with E-state index in [1.54, 1.807) is 48.5 Å². The van der Waals surface area contributed by atoms with Gasteiger partial charge in [-0.15, -0.1) is 0 Å².